The molecule has 0 bridgehead atoms. The Hall–Kier alpha value is -6.60. The van der Waals surface area contributed by atoms with Crippen molar-refractivity contribution in [3.05, 3.63) is 180 Å². The van der Waals surface area contributed by atoms with Crippen molar-refractivity contribution in [2.75, 3.05) is 9.80 Å². The van der Waals surface area contributed by atoms with E-state index in [2.05, 4.69) is 240 Å². The van der Waals surface area contributed by atoms with Gasteiger partial charge in [-0.15, -0.1) is 22.7 Å². The number of anilines is 6. The third kappa shape index (κ3) is 6.09. The average Bonchev–Trinajstić information content (AvgIpc) is 3.99. The number of aromatic nitrogens is 1. The molecule has 13 rings (SSSR count). The molecule has 3 nitrogen and oxygen atoms in total. The van der Waals surface area contributed by atoms with Crippen molar-refractivity contribution in [2.45, 2.75) is 78.6 Å². The summed E-state index contributed by atoms with van der Waals surface area (Å²) >= 11 is 3.82. The van der Waals surface area contributed by atoms with Crippen LogP contribution in [0.25, 0.3) is 57.1 Å². The van der Waals surface area contributed by atoms with Crippen molar-refractivity contribution in [3.8, 4) is 5.69 Å². The minimum atomic E-state index is -0.121. The lowest BCUT2D eigenvalue weighted by Gasteiger charge is -2.42. The minimum Gasteiger partial charge on any atom is -0.311 e. The molecule has 2 aliphatic rings. The molecule has 5 heterocycles. The molecule has 0 amide bonds. The van der Waals surface area contributed by atoms with Crippen molar-refractivity contribution >= 4 is 131 Å². The smallest absolute Gasteiger partial charge is 0.252 e. The lowest BCUT2D eigenvalue weighted by Crippen LogP contribution is -2.60. The second-order valence-corrected chi connectivity index (χ2v) is 24.4. The first-order valence-corrected chi connectivity index (χ1v) is 25.8. The van der Waals surface area contributed by atoms with Gasteiger partial charge in [0.05, 0.1) is 21.4 Å². The first-order chi connectivity index (χ1) is 32.6. The number of para-hydroxylation sites is 1. The Kier molecular flexibility index (Phi) is 8.84. The van der Waals surface area contributed by atoms with Gasteiger partial charge in [0.15, 0.2) is 0 Å². The van der Waals surface area contributed by atoms with Crippen LogP contribution in [0, 0.1) is 0 Å². The van der Waals surface area contributed by atoms with Gasteiger partial charge in [-0.05, 0) is 122 Å². The van der Waals surface area contributed by atoms with Gasteiger partial charge in [0.1, 0.15) is 0 Å². The van der Waals surface area contributed by atoms with Gasteiger partial charge in [-0.1, -0.05) is 153 Å². The fourth-order valence-electron chi connectivity index (χ4n) is 11.3. The molecule has 0 radical (unpaired) electrons. The SMILES string of the molecule is CC(C)(C)c1ccc(N(c2ccc(C(C)(C)C)cc2)c2ccc3c(c2)N(c2cccc4sc5ccccc5c24)c2cc(C(C)(C)C)cc4c2B3c2cccc3c5sc6ccccc6c5n-4c23)cc1. The van der Waals surface area contributed by atoms with E-state index in [1.54, 1.807) is 0 Å². The summed E-state index contributed by atoms with van der Waals surface area (Å²) in [6.07, 6.45) is 0. The van der Waals surface area contributed by atoms with Crippen LogP contribution in [0.3, 0.4) is 0 Å². The maximum atomic E-state index is 2.66. The maximum Gasteiger partial charge on any atom is 0.252 e. The molecule has 8 aromatic carbocycles. The largest absolute Gasteiger partial charge is 0.311 e. The quantitative estimate of drug-likeness (QED) is 0.163. The molecular formula is C62H54BN3S2. The van der Waals surface area contributed by atoms with E-state index in [4.69, 9.17) is 0 Å². The van der Waals surface area contributed by atoms with Gasteiger partial charge < -0.3 is 14.4 Å². The molecule has 3 aromatic heterocycles. The number of rotatable bonds is 4. The Labute approximate surface area is 408 Å². The number of nitrogens with zero attached hydrogens (tertiary/aromatic N) is 3. The number of hydrogen-bond acceptors (Lipinski definition) is 4. The summed E-state index contributed by atoms with van der Waals surface area (Å²) in [6, 6.07) is 63.0. The van der Waals surface area contributed by atoms with Crippen LogP contribution in [0.5, 0.6) is 0 Å². The van der Waals surface area contributed by atoms with Crippen LogP contribution in [0.1, 0.15) is 79.0 Å². The van der Waals surface area contributed by atoms with E-state index in [0.29, 0.717) is 0 Å². The van der Waals surface area contributed by atoms with Crippen LogP contribution in [-0.2, 0) is 16.2 Å². The van der Waals surface area contributed by atoms with E-state index in [0.717, 1.165) is 17.1 Å². The highest BCUT2D eigenvalue weighted by Gasteiger charge is 2.44. The number of thiophene rings is 2. The van der Waals surface area contributed by atoms with Crippen LogP contribution >= 0.6 is 22.7 Å². The Morgan fingerprint density at radius 2 is 0.971 bits per heavy atom. The molecule has 68 heavy (non-hydrogen) atoms. The molecule has 6 heteroatoms. The molecule has 0 saturated carbocycles. The van der Waals surface area contributed by atoms with E-state index in [1.165, 1.54) is 107 Å². The number of hydrogen-bond donors (Lipinski definition) is 0. The first kappa shape index (κ1) is 41.6. The van der Waals surface area contributed by atoms with Crippen LogP contribution in [0.2, 0.25) is 0 Å². The highest BCUT2D eigenvalue weighted by atomic mass is 32.1. The Morgan fingerprint density at radius 3 is 1.63 bits per heavy atom. The summed E-state index contributed by atoms with van der Waals surface area (Å²) in [5.74, 6) is 0. The third-order valence-corrected chi connectivity index (χ3v) is 17.2. The molecule has 11 aromatic rings. The van der Waals surface area contributed by atoms with Crippen LogP contribution in [-0.4, -0.2) is 11.3 Å². The minimum absolute atomic E-state index is 0.0183. The van der Waals surface area contributed by atoms with E-state index >= 15 is 0 Å². The highest BCUT2D eigenvalue weighted by Crippen LogP contribution is 2.50. The van der Waals surface area contributed by atoms with Crippen LogP contribution in [0.4, 0.5) is 34.1 Å². The van der Waals surface area contributed by atoms with Gasteiger partial charge in [0.25, 0.3) is 6.71 Å². The summed E-state index contributed by atoms with van der Waals surface area (Å²) in [7, 11) is 0. The summed E-state index contributed by atoms with van der Waals surface area (Å²) < 4.78 is 7.96. The predicted octanol–water partition coefficient (Wildman–Crippen LogP) is 16.3. The molecule has 0 N–H and O–H groups in total. The Balaban J connectivity index is 1.15. The molecule has 0 aliphatic carbocycles. The van der Waals surface area contributed by atoms with Crippen molar-refractivity contribution in [3.63, 3.8) is 0 Å². The van der Waals surface area contributed by atoms with Crippen LogP contribution in [0.15, 0.2) is 164 Å². The van der Waals surface area contributed by atoms with Gasteiger partial charge in [0.2, 0.25) is 0 Å². The fraction of sp³-hybridized carbons (Fsp3) is 0.194. The van der Waals surface area contributed by atoms with Crippen molar-refractivity contribution in [1.82, 2.24) is 4.57 Å². The van der Waals surface area contributed by atoms with Crippen LogP contribution < -0.4 is 26.2 Å². The normalized spacial score (nSPS) is 13.6. The predicted molar refractivity (Wildman–Crippen MR) is 299 cm³/mol. The maximum absolute atomic E-state index is 2.66. The molecule has 0 saturated heterocycles. The Bertz CT molecular complexity index is 3810. The number of benzene rings is 8. The molecule has 0 fully saturated rings. The van der Waals surface area contributed by atoms with E-state index in [1.807, 2.05) is 22.7 Å². The molecule has 2 aliphatic heterocycles. The van der Waals surface area contributed by atoms with Crippen molar-refractivity contribution in [2.24, 2.45) is 0 Å². The lowest BCUT2D eigenvalue weighted by atomic mass is 9.33. The summed E-state index contributed by atoms with van der Waals surface area (Å²) in [5, 5.41) is 5.26. The summed E-state index contributed by atoms with van der Waals surface area (Å²) in [6.45, 7) is 20.9. The van der Waals surface area contributed by atoms with Crippen molar-refractivity contribution in [1.29, 1.82) is 0 Å². The summed E-state index contributed by atoms with van der Waals surface area (Å²) in [5.41, 5.74) is 19.0. The van der Waals surface area contributed by atoms with E-state index < -0.39 is 0 Å². The molecule has 0 spiro atoms. The summed E-state index contributed by atoms with van der Waals surface area (Å²) in [4.78, 5) is 5.13. The monoisotopic (exact) mass is 915 g/mol. The zero-order valence-electron chi connectivity index (χ0n) is 40.3. The Morgan fingerprint density at radius 1 is 0.412 bits per heavy atom. The average molecular weight is 916 g/mol. The molecule has 0 atom stereocenters. The van der Waals surface area contributed by atoms with Gasteiger partial charge in [0, 0.05) is 69.8 Å². The topological polar surface area (TPSA) is 11.4 Å². The van der Waals surface area contributed by atoms with Gasteiger partial charge >= 0.3 is 0 Å². The first-order valence-electron chi connectivity index (χ1n) is 24.1. The zero-order chi connectivity index (χ0) is 46.6. The number of fused-ring (bicyclic) bond motifs is 12. The molecule has 332 valence electrons. The van der Waals surface area contributed by atoms with Crippen molar-refractivity contribution < 1.29 is 0 Å². The second-order valence-electron chi connectivity index (χ2n) is 22.2. The highest BCUT2D eigenvalue weighted by molar-refractivity contribution is 7.27. The third-order valence-electron chi connectivity index (χ3n) is 14.8. The molecule has 0 unspecified atom stereocenters. The van der Waals surface area contributed by atoms with E-state index in [9.17, 15) is 0 Å². The zero-order valence-corrected chi connectivity index (χ0v) is 42.0. The second kappa shape index (κ2) is 14.5. The van der Waals surface area contributed by atoms with Gasteiger partial charge in [-0.2, -0.15) is 0 Å². The lowest BCUT2D eigenvalue weighted by molar-refractivity contribution is 0.590. The van der Waals surface area contributed by atoms with Gasteiger partial charge in [-0.25, -0.2) is 0 Å². The molecular weight excluding hydrogens is 862 g/mol. The fourth-order valence-corrected chi connectivity index (χ4v) is 13.7. The van der Waals surface area contributed by atoms with E-state index in [-0.39, 0.29) is 23.0 Å². The standard InChI is InChI=1S/C62H54BN3S2/c1-60(2,3)37-24-28-40(29-25-37)64(41-30-26-38(27-31-41)61(4,5)6)42-32-33-46-49(36-42)65(48-20-15-23-54-55(48)43-16-10-12-21-52(43)67-54)50-34-39(62(7,8)9)35-51-56(50)63(46)47-19-14-18-45-57(47)66(51)58-44-17-11-13-22-53(44)68-59(45)58/h10-36H,1-9H3. The van der Waals surface area contributed by atoms with Gasteiger partial charge in [-0.3, -0.25) is 0 Å².